The summed E-state index contributed by atoms with van der Waals surface area (Å²) in [4.78, 5) is 10.6. The summed E-state index contributed by atoms with van der Waals surface area (Å²) in [6, 6.07) is 5.26. The number of halogens is 2. The number of hydrogen-bond donors (Lipinski definition) is 2. The van der Waals surface area contributed by atoms with E-state index in [1.807, 2.05) is 13.1 Å². The van der Waals surface area contributed by atoms with E-state index in [0.717, 1.165) is 37.6 Å². The van der Waals surface area contributed by atoms with Gasteiger partial charge in [-0.2, -0.15) is 0 Å². The highest BCUT2D eigenvalue weighted by Crippen LogP contribution is 2.19. The standard InChI is InChI=1S/C18H23F2N5/c1-25(11-13-4-6-21-7-5-13)18-9-17(23-12-24-18)22-10-14-8-15(19)2-3-16(14)20/h2-3,8-9,12-13,21H,4-7,10-11H2,1H3,(H,22,23,24). The van der Waals surface area contributed by atoms with Gasteiger partial charge in [0.15, 0.2) is 0 Å². The van der Waals surface area contributed by atoms with E-state index in [1.165, 1.54) is 25.2 Å². The fourth-order valence-electron chi connectivity index (χ4n) is 3.06. The van der Waals surface area contributed by atoms with Crippen molar-refractivity contribution in [3.63, 3.8) is 0 Å². The molecule has 2 aromatic rings. The van der Waals surface area contributed by atoms with E-state index in [-0.39, 0.29) is 12.1 Å². The van der Waals surface area contributed by atoms with Crippen LogP contribution in [0, 0.1) is 17.6 Å². The smallest absolute Gasteiger partial charge is 0.133 e. The van der Waals surface area contributed by atoms with Crippen LogP contribution in [0.1, 0.15) is 18.4 Å². The number of aromatic nitrogens is 2. The van der Waals surface area contributed by atoms with Crippen molar-refractivity contribution in [3.8, 4) is 0 Å². The second kappa shape index (κ2) is 8.20. The monoisotopic (exact) mass is 347 g/mol. The summed E-state index contributed by atoms with van der Waals surface area (Å²) in [6.07, 6.45) is 3.82. The van der Waals surface area contributed by atoms with E-state index in [2.05, 4.69) is 25.5 Å². The van der Waals surface area contributed by atoms with Crippen molar-refractivity contribution in [2.45, 2.75) is 19.4 Å². The maximum absolute atomic E-state index is 13.7. The second-order valence-corrected chi connectivity index (χ2v) is 6.42. The molecule has 1 aliphatic heterocycles. The van der Waals surface area contributed by atoms with E-state index < -0.39 is 11.6 Å². The highest BCUT2D eigenvalue weighted by atomic mass is 19.1. The number of anilines is 2. The molecule has 0 amide bonds. The van der Waals surface area contributed by atoms with E-state index >= 15 is 0 Å². The maximum Gasteiger partial charge on any atom is 0.133 e. The van der Waals surface area contributed by atoms with Crippen LogP contribution in [0.15, 0.2) is 30.6 Å². The van der Waals surface area contributed by atoms with Gasteiger partial charge < -0.3 is 15.5 Å². The Labute approximate surface area is 146 Å². The van der Waals surface area contributed by atoms with Gasteiger partial charge >= 0.3 is 0 Å². The van der Waals surface area contributed by atoms with E-state index in [0.29, 0.717) is 11.7 Å². The van der Waals surface area contributed by atoms with Crippen LogP contribution in [0.5, 0.6) is 0 Å². The van der Waals surface area contributed by atoms with Crippen LogP contribution < -0.4 is 15.5 Å². The molecule has 0 aliphatic carbocycles. The van der Waals surface area contributed by atoms with Crippen LogP contribution in [0.25, 0.3) is 0 Å². The molecule has 1 aromatic carbocycles. The molecule has 0 radical (unpaired) electrons. The summed E-state index contributed by atoms with van der Waals surface area (Å²) in [5, 5.41) is 6.40. The lowest BCUT2D eigenvalue weighted by atomic mass is 9.98. The molecule has 2 heterocycles. The zero-order chi connectivity index (χ0) is 17.6. The van der Waals surface area contributed by atoms with Crippen molar-refractivity contribution in [3.05, 3.63) is 47.8 Å². The minimum Gasteiger partial charge on any atom is -0.366 e. The molecule has 1 aliphatic rings. The predicted molar refractivity (Wildman–Crippen MR) is 94.6 cm³/mol. The van der Waals surface area contributed by atoms with Crippen molar-refractivity contribution < 1.29 is 8.78 Å². The Kier molecular flexibility index (Phi) is 5.75. The fraction of sp³-hybridized carbons (Fsp3) is 0.444. The maximum atomic E-state index is 13.7. The fourth-order valence-corrected chi connectivity index (χ4v) is 3.06. The number of rotatable bonds is 6. The largest absolute Gasteiger partial charge is 0.366 e. The van der Waals surface area contributed by atoms with Gasteiger partial charge in [-0.1, -0.05) is 0 Å². The number of piperidine rings is 1. The van der Waals surface area contributed by atoms with Crippen LogP contribution in [0.4, 0.5) is 20.4 Å². The van der Waals surface area contributed by atoms with Gasteiger partial charge in [0.25, 0.3) is 0 Å². The Balaban J connectivity index is 1.61. The lowest BCUT2D eigenvalue weighted by molar-refractivity contribution is 0.377. The molecule has 3 rings (SSSR count). The molecule has 0 saturated carbocycles. The molecule has 0 spiro atoms. The summed E-state index contributed by atoms with van der Waals surface area (Å²) in [5.74, 6) is 1.16. The zero-order valence-corrected chi connectivity index (χ0v) is 14.3. The molecule has 1 aromatic heterocycles. The Morgan fingerprint density at radius 1 is 1.20 bits per heavy atom. The third kappa shape index (κ3) is 4.85. The van der Waals surface area contributed by atoms with Crippen LogP contribution in [-0.4, -0.2) is 36.6 Å². The van der Waals surface area contributed by atoms with Gasteiger partial charge in [-0.3, -0.25) is 0 Å². The molecule has 134 valence electrons. The molecule has 25 heavy (non-hydrogen) atoms. The molecule has 0 atom stereocenters. The van der Waals surface area contributed by atoms with Gasteiger partial charge in [-0.25, -0.2) is 18.7 Å². The molecule has 7 heteroatoms. The summed E-state index contributed by atoms with van der Waals surface area (Å²) >= 11 is 0. The summed E-state index contributed by atoms with van der Waals surface area (Å²) in [5.41, 5.74) is 0.267. The molecule has 1 fully saturated rings. The molecular formula is C18H23F2N5. The van der Waals surface area contributed by atoms with Crippen molar-refractivity contribution in [1.82, 2.24) is 15.3 Å². The Hall–Kier alpha value is -2.28. The van der Waals surface area contributed by atoms with E-state index in [4.69, 9.17) is 0 Å². The van der Waals surface area contributed by atoms with Crippen molar-refractivity contribution in [2.75, 3.05) is 36.9 Å². The Morgan fingerprint density at radius 3 is 2.80 bits per heavy atom. The third-order valence-electron chi connectivity index (χ3n) is 4.50. The van der Waals surface area contributed by atoms with E-state index in [9.17, 15) is 8.78 Å². The molecule has 5 nitrogen and oxygen atoms in total. The average molecular weight is 347 g/mol. The lowest BCUT2D eigenvalue weighted by Crippen LogP contribution is -2.34. The highest BCUT2D eigenvalue weighted by Gasteiger charge is 2.16. The van der Waals surface area contributed by atoms with Crippen LogP contribution in [0.3, 0.4) is 0 Å². The average Bonchev–Trinajstić information content (AvgIpc) is 2.63. The normalized spacial score (nSPS) is 15.2. The topological polar surface area (TPSA) is 53.1 Å². The first-order valence-electron chi connectivity index (χ1n) is 8.53. The van der Waals surface area contributed by atoms with Crippen molar-refractivity contribution in [1.29, 1.82) is 0 Å². The van der Waals surface area contributed by atoms with Gasteiger partial charge in [0.05, 0.1) is 0 Å². The minimum atomic E-state index is -0.455. The number of hydrogen-bond acceptors (Lipinski definition) is 5. The third-order valence-corrected chi connectivity index (χ3v) is 4.50. The highest BCUT2D eigenvalue weighted by molar-refractivity contribution is 5.48. The lowest BCUT2D eigenvalue weighted by Gasteiger charge is -2.28. The number of benzene rings is 1. The summed E-state index contributed by atoms with van der Waals surface area (Å²) < 4.78 is 26.9. The van der Waals surface area contributed by atoms with Gasteiger partial charge in [0.2, 0.25) is 0 Å². The second-order valence-electron chi connectivity index (χ2n) is 6.42. The molecule has 0 bridgehead atoms. The number of nitrogens with zero attached hydrogens (tertiary/aromatic N) is 3. The minimum absolute atomic E-state index is 0.165. The SMILES string of the molecule is CN(CC1CCNCC1)c1cc(NCc2cc(F)ccc2F)ncn1. The van der Waals surface area contributed by atoms with Gasteiger partial charge in [-0.15, -0.1) is 0 Å². The van der Waals surface area contributed by atoms with Crippen LogP contribution in [0.2, 0.25) is 0 Å². The van der Waals surface area contributed by atoms with E-state index in [1.54, 1.807) is 0 Å². The van der Waals surface area contributed by atoms with Gasteiger partial charge in [0.1, 0.15) is 29.6 Å². The first-order chi connectivity index (χ1) is 12.1. The van der Waals surface area contributed by atoms with Crippen LogP contribution in [-0.2, 0) is 6.54 Å². The predicted octanol–water partition coefficient (Wildman–Crippen LogP) is 2.80. The van der Waals surface area contributed by atoms with Gasteiger partial charge in [-0.05, 0) is 50.0 Å². The number of nitrogens with one attached hydrogen (secondary N) is 2. The quantitative estimate of drug-likeness (QED) is 0.842. The summed E-state index contributed by atoms with van der Waals surface area (Å²) in [7, 11) is 2.01. The van der Waals surface area contributed by atoms with Crippen LogP contribution >= 0.6 is 0 Å². The Bertz CT molecular complexity index is 704. The summed E-state index contributed by atoms with van der Waals surface area (Å²) in [6.45, 7) is 3.23. The molecule has 1 saturated heterocycles. The first-order valence-corrected chi connectivity index (χ1v) is 8.53. The first kappa shape index (κ1) is 17.5. The zero-order valence-electron chi connectivity index (χ0n) is 14.3. The van der Waals surface area contributed by atoms with Crippen molar-refractivity contribution >= 4 is 11.6 Å². The molecule has 0 unspecified atom stereocenters. The molecule has 2 N–H and O–H groups in total. The van der Waals surface area contributed by atoms with Crippen molar-refractivity contribution in [2.24, 2.45) is 5.92 Å². The van der Waals surface area contributed by atoms with Gasteiger partial charge in [0, 0.05) is 31.8 Å². The molecular weight excluding hydrogens is 324 g/mol. The Morgan fingerprint density at radius 2 is 2.00 bits per heavy atom.